The molecule has 3 heterocycles. The number of hydrogen-bond donors (Lipinski definition) is 0. The molecule has 0 bridgehead atoms. The van der Waals surface area contributed by atoms with E-state index in [1.54, 1.807) is 0 Å². The first kappa shape index (κ1) is 35.0. The molecule has 0 aliphatic carbocycles. The molecule has 0 unspecified atom stereocenters. The van der Waals surface area contributed by atoms with E-state index < -0.39 is 0 Å². The Morgan fingerprint density at radius 2 is 0.812 bits per heavy atom. The predicted octanol–water partition coefficient (Wildman–Crippen LogP) is 15.8. The molecule has 14 aromatic rings. The second-order valence-electron chi connectivity index (χ2n) is 17.0. The first-order chi connectivity index (χ1) is 31.7. The fraction of sp³-hybridized carbons (Fsp3) is 0. The van der Waals surface area contributed by atoms with Crippen molar-refractivity contribution in [3.8, 4) is 34.0 Å². The Kier molecular flexibility index (Phi) is 7.36. The fourth-order valence-electron chi connectivity index (χ4n) is 10.4. The quantitative estimate of drug-likeness (QED) is 0.166. The molecule has 4 heteroatoms. The molecule has 0 spiro atoms. The van der Waals surface area contributed by atoms with E-state index in [1.165, 1.54) is 75.7 Å². The number of rotatable bonds is 4. The molecule has 64 heavy (non-hydrogen) atoms. The molecule has 0 saturated heterocycles. The van der Waals surface area contributed by atoms with Gasteiger partial charge >= 0.3 is 0 Å². The fourth-order valence-corrected chi connectivity index (χ4v) is 10.4. The summed E-state index contributed by atoms with van der Waals surface area (Å²) in [7, 11) is 0. The molecule has 296 valence electrons. The molecule has 3 aromatic heterocycles. The van der Waals surface area contributed by atoms with Crippen molar-refractivity contribution in [2.24, 2.45) is 0 Å². The van der Waals surface area contributed by atoms with Gasteiger partial charge in [0.25, 0.3) is 0 Å². The Labute approximate surface area is 367 Å². The van der Waals surface area contributed by atoms with E-state index in [1.807, 2.05) is 0 Å². The van der Waals surface area contributed by atoms with E-state index >= 15 is 0 Å². The molecule has 4 nitrogen and oxygen atoms in total. The average Bonchev–Trinajstić information content (AvgIpc) is 3.85. The minimum Gasteiger partial charge on any atom is -0.309 e. The second kappa shape index (κ2) is 13.4. The number of para-hydroxylation sites is 3. The summed E-state index contributed by atoms with van der Waals surface area (Å²) in [6.07, 6.45) is 0. The van der Waals surface area contributed by atoms with Crippen LogP contribution in [0.25, 0.3) is 132 Å². The molecule has 0 radical (unpaired) electrons. The van der Waals surface area contributed by atoms with Crippen LogP contribution < -0.4 is 0 Å². The van der Waals surface area contributed by atoms with Crippen molar-refractivity contribution in [1.29, 1.82) is 0 Å². The topological polar surface area (TPSA) is 35.6 Å². The molecule has 0 amide bonds. The highest BCUT2D eigenvalue weighted by Crippen LogP contribution is 2.40. The lowest BCUT2D eigenvalue weighted by Crippen LogP contribution is -1.98. The summed E-state index contributed by atoms with van der Waals surface area (Å²) in [6.45, 7) is 0. The van der Waals surface area contributed by atoms with Gasteiger partial charge in [0.1, 0.15) is 0 Å². The van der Waals surface area contributed by atoms with Crippen LogP contribution in [0.3, 0.4) is 0 Å². The normalized spacial score (nSPS) is 12.1. The van der Waals surface area contributed by atoms with Crippen molar-refractivity contribution in [2.45, 2.75) is 0 Å². The second-order valence-corrected chi connectivity index (χ2v) is 17.0. The zero-order chi connectivity index (χ0) is 41.9. The SMILES string of the molecule is c1cc(-c2nc(-c3ccc4ccc5ccccc5c4c3)c3ccccc3n2)cc(-n2c3ccccc3c3cc4ccc(-n5c6ccccc6c6cc7ccccc7cc65)cc4cc32)c1. The van der Waals surface area contributed by atoms with Crippen LogP contribution in [0.4, 0.5) is 0 Å². The van der Waals surface area contributed by atoms with Gasteiger partial charge in [0.05, 0.1) is 33.3 Å². The highest BCUT2D eigenvalue weighted by Gasteiger charge is 2.18. The molecule has 11 aromatic carbocycles. The van der Waals surface area contributed by atoms with Gasteiger partial charge in [0.15, 0.2) is 5.82 Å². The van der Waals surface area contributed by atoms with Crippen LogP contribution in [-0.2, 0) is 0 Å². The molecule has 0 saturated carbocycles. The largest absolute Gasteiger partial charge is 0.309 e. The third kappa shape index (κ3) is 5.23. The van der Waals surface area contributed by atoms with E-state index in [-0.39, 0.29) is 0 Å². The monoisotopic (exact) mass is 812 g/mol. The minimum atomic E-state index is 0.698. The summed E-state index contributed by atoms with van der Waals surface area (Å²) in [5.74, 6) is 0.698. The Balaban J connectivity index is 0.946. The van der Waals surface area contributed by atoms with Crippen molar-refractivity contribution >= 4 is 97.6 Å². The molecule has 0 fully saturated rings. The van der Waals surface area contributed by atoms with E-state index in [9.17, 15) is 0 Å². The predicted molar refractivity (Wildman–Crippen MR) is 269 cm³/mol. The van der Waals surface area contributed by atoms with Crippen molar-refractivity contribution < 1.29 is 0 Å². The molecular weight excluding hydrogens is 777 g/mol. The number of aromatic nitrogens is 4. The number of nitrogens with zero attached hydrogens (tertiary/aromatic N) is 4. The van der Waals surface area contributed by atoms with Crippen LogP contribution in [0.5, 0.6) is 0 Å². The van der Waals surface area contributed by atoms with Crippen LogP contribution in [0, 0.1) is 0 Å². The third-order valence-electron chi connectivity index (χ3n) is 13.4. The van der Waals surface area contributed by atoms with E-state index in [4.69, 9.17) is 9.97 Å². The van der Waals surface area contributed by atoms with Gasteiger partial charge in [0.2, 0.25) is 0 Å². The smallest absolute Gasteiger partial charge is 0.160 e. The lowest BCUT2D eigenvalue weighted by Gasteiger charge is -2.13. The van der Waals surface area contributed by atoms with Gasteiger partial charge in [0, 0.05) is 49.4 Å². The van der Waals surface area contributed by atoms with Crippen molar-refractivity contribution in [3.63, 3.8) is 0 Å². The standard InChI is InChI=1S/C60H36N4/c1-2-14-40-35-57-52(32-39(40)13-1)48-18-7-10-23-56(48)64(57)46-29-28-41-33-53-49-19-6-9-22-55(49)63(58(53)36-44(41)31-46)45-16-11-15-43(30-45)60-61-54-21-8-5-20-50(54)59(62-60)42-27-26-38-25-24-37-12-3-4-17-47(37)51(38)34-42/h1-36H. The number of fused-ring (bicyclic) bond motifs is 12. The van der Waals surface area contributed by atoms with Crippen LogP contribution >= 0.6 is 0 Å². The highest BCUT2D eigenvalue weighted by molar-refractivity contribution is 6.16. The maximum absolute atomic E-state index is 5.39. The summed E-state index contributed by atoms with van der Waals surface area (Å²) < 4.78 is 4.83. The van der Waals surface area contributed by atoms with E-state index in [0.717, 1.165) is 50.1 Å². The molecule has 0 N–H and O–H groups in total. The van der Waals surface area contributed by atoms with Crippen LogP contribution in [0.1, 0.15) is 0 Å². The summed E-state index contributed by atoms with van der Waals surface area (Å²) in [5, 5.41) is 15.8. The first-order valence-corrected chi connectivity index (χ1v) is 21.9. The van der Waals surface area contributed by atoms with Crippen molar-refractivity contribution in [1.82, 2.24) is 19.1 Å². The Morgan fingerprint density at radius 1 is 0.266 bits per heavy atom. The van der Waals surface area contributed by atoms with Crippen LogP contribution in [-0.4, -0.2) is 19.1 Å². The Bertz CT molecular complexity index is 4270. The van der Waals surface area contributed by atoms with E-state index in [2.05, 4.69) is 228 Å². The highest BCUT2D eigenvalue weighted by atomic mass is 15.0. The maximum atomic E-state index is 5.39. The zero-order valence-electron chi connectivity index (χ0n) is 34.6. The summed E-state index contributed by atoms with van der Waals surface area (Å²) >= 11 is 0. The number of benzene rings is 11. The molecular formula is C60H36N4. The molecule has 0 aliphatic rings. The van der Waals surface area contributed by atoms with Crippen molar-refractivity contribution in [2.75, 3.05) is 0 Å². The van der Waals surface area contributed by atoms with Crippen LogP contribution in [0.2, 0.25) is 0 Å². The van der Waals surface area contributed by atoms with Gasteiger partial charge in [-0.15, -0.1) is 0 Å². The summed E-state index contributed by atoms with van der Waals surface area (Å²) in [4.78, 5) is 10.6. The minimum absolute atomic E-state index is 0.698. The summed E-state index contributed by atoms with van der Waals surface area (Å²) in [5.41, 5.74) is 10.8. The third-order valence-corrected chi connectivity index (χ3v) is 13.4. The lowest BCUT2D eigenvalue weighted by molar-refractivity contribution is 1.17. The van der Waals surface area contributed by atoms with Gasteiger partial charge in [-0.3, -0.25) is 0 Å². The first-order valence-electron chi connectivity index (χ1n) is 21.9. The Morgan fingerprint density at radius 3 is 1.56 bits per heavy atom. The molecule has 0 aliphatic heterocycles. The van der Waals surface area contributed by atoms with Gasteiger partial charge in [-0.1, -0.05) is 146 Å². The lowest BCUT2D eigenvalue weighted by atomic mass is 9.97. The maximum Gasteiger partial charge on any atom is 0.160 e. The molecule has 14 rings (SSSR count). The van der Waals surface area contributed by atoms with Crippen LogP contribution in [0.15, 0.2) is 218 Å². The Hall–Kier alpha value is -8.60. The van der Waals surface area contributed by atoms with Gasteiger partial charge in [-0.2, -0.15) is 0 Å². The molecule has 0 atom stereocenters. The summed E-state index contributed by atoms with van der Waals surface area (Å²) in [6, 6.07) is 79.3. The van der Waals surface area contributed by atoms with Gasteiger partial charge < -0.3 is 9.13 Å². The van der Waals surface area contributed by atoms with Gasteiger partial charge in [-0.25, -0.2) is 9.97 Å². The zero-order valence-corrected chi connectivity index (χ0v) is 34.6. The van der Waals surface area contributed by atoms with Gasteiger partial charge in [-0.05, 0) is 116 Å². The van der Waals surface area contributed by atoms with Crippen molar-refractivity contribution in [3.05, 3.63) is 218 Å². The average molecular weight is 813 g/mol. The van der Waals surface area contributed by atoms with E-state index in [0.29, 0.717) is 5.82 Å². The number of hydrogen-bond acceptors (Lipinski definition) is 2.